The van der Waals surface area contributed by atoms with Gasteiger partial charge in [0.1, 0.15) is 0 Å². The van der Waals surface area contributed by atoms with Gasteiger partial charge in [0, 0.05) is 0 Å². The fourth-order valence-electron chi connectivity index (χ4n) is 2.23. The first-order valence-corrected chi connectivity index (χ1v) is 6.17. The second-order valence-corrected chi connectivity index (χ2v) is 4.46. The molecule has 0 unspecified atom stereocenters. The SMILES string of the molecule is CCC/C=C/C[C@H](O)C1CCCCC1. The minimum Gasteiger partial charge on any atom is -0.393 e. The quantitative estimate of drug-likeness (QED) is 0.665. The van der Waals surface area contributed by atoms with Crippen LogP contribution in [0, 0.1) is 5.92 Å². The Morgan fingerprint density at radius 2 is 1.93 bits per heavy atom. The molecule has 1 nitrogen and oxygen atoms in total. The molecule has 1 N–H and O–H groups in total. The Morgan fingerprint density at radius 1 is 1.21 bits per heavy atom. The predicted octanol–water partition coefficient (Wildman–Crippen LogP) is 3.67. The summed E-state index contributed by atoms with van der Waals surface area (Å²) in [5.74, 6) is 0.579. The Bertz CT molecular complexity index is 157. The summed E-state index contributed by atoms with van der Waals surface area (Å²) in [6.07, 6.45) is 14.0. The molecule has 0 aromatic carbocycles. The summed E-state index contributed by atoms with van der Waals surface area (Å²) in [6.45, 7) is 2.18. The van der Waals surface area contributed by atoms with Crippen molar-refractivity contribution in [1.29, 1.82) is 0 Å². The van der Waals surface area contributed by atoms with Crippen molar-refractivity contribution in [3.63, 3.8) is 0 Å². The lowest BCUT2D eigenvalue weighted by atomic mass is 9.84. The van der Waals surface area contributed by atoms with Gasteiger partial charge in [-0.05, 0) is 31.6 Å². The molecule has 1 aliphatic carbocycles. The van der Waals surface area contributed by atoms with E-state index in [0.29, 0.717) is 5.92 Å². The van der Waals surface area contributed by atoms with E-state index < -0.39 is 0 Å². The molecule has 0 spiro atoms. The van der Waals surface area contributed by atoms with Crippen LogP contribution in [0.15, 0.2) is 12.2 Å². The summed E-state index contributed by atoms with van der Waals surface area (Å²) >= 11 is 0. The molecular weight excluding hydrogens is 172 g/mol. The Morgan fingerprint density at radius 3 is 2.57 bits per heavy atom. The lowest BCUT2D eigenvalue weighted by molar-refractivity contribution is 0.0873. The van der Waals surface area contributed by atoms with Gasteiger partial charge in [0.15, 0.2) is 0 Å². The Labute approximate surface area is 88.2 Å². The lowest BCUT2D eigenvalue weighted by Gasteiger charge is -2.25. The number of aliphatic hydroxyl groups is 1. The van der Waals surface area contributed by atoms with Crippen LogP contribution in [-0.4, -0.2) is 11.2 Å². The second kappa shape index (κ2) is 7.05. The zero-order valence-corrected chi connectivity index (χ0v) is 9.41. The molecule has 1 saturated carbocycles. The zero-order chi connectivity index (χ0) is 10.2. The molecule has 0 aromatic heterocycles. The molecule has 1 fully saturated rings. The zero-order valence-electron chi connectivity index (χ0n) is 9.41. The summed E-state index contributed by atoms with van der Waals surface area (Å²) < 4.78 is 0. The van der Waals surface area contributed by atoms with E-state index >= 15 is 0 Å². The second-order valence-electron chi connectivity index (χ2n) is 4.46. The minimum atomic E-state index is -0.0802. The maximum Gasteiger partial charge on any atom is 0.0602 e. The van der Waals surface area contributed by atoms with Gasteiger partial charge in [-0.25, -0.2) is 0 Å². The van der Waals surface area contributed by atoms with Gasteiger partial charge >= 0.3 is 0 Å². The number of unbranched alkanes of at least 4 members (excludes halogenated alkanes) is 1. The molecule has 1 rings (SSSR count). The normalized spacial score (nSPS) is 21.6. The van der Waals surface area contributed by atoms with E-state index in [4.69, 9.17) is 0 Å². The topological polar surface area (TPSA) is 20.2 Å². The number of allylic oxidation sites excluding steroid dienone is 1. The molecule has 82 valence electrons. The first-order valence-electron chi connectivity index (χ1n) is 6.17. The van der Waals surface area contributed by atoms with Crippen LogP contribution in [0.4, 0.5) is 0 Å². The van der Waals surface area contributed by atoms with Crippen LogP contribution in [0.2, 0.25) is 0 Å². The van der Waals surface area contributed by atoms with Gasteiger partial charge in [-0.2, -0.15) is 0 Å². The minimum absolute atomic E-state index is 0.0802. The molecular formula is C13H24O. The highest BCUT2D eigenvalue weighted by Crippen LogP contribution is 2.27. The van der Waals surface area contributed by atoms with E-state index in [1.54, 1.807) is 0 Å². The molecule has 1 aliphatic rings. The molecule has 0 saturated heterocycles. The van der Waals surface area contributed by atoms with E-state index in [-0.39, 0.29) is 6.10 Å². The molecule has 1 atom stereocenters. The first-order chi connectivity index (χ1) is 6.84. The summed E-state index contributed by atoms with van der Waals surface area (Å²) in [4.78, 5) is 0. The number of hydrogen-bond donors (Lipinski definition) is 1. The molecule has 0 heterocycles. The van der Waals surface area contributed by atoms with Crippen LogP contribution in [0.5, 0.6) is 0 Å². The summed E-state index contributed by atoms with van der Waals surface area (Å²) in [6, 6.07) is 0. The van der Waals surface area contributed by atoms with E-state index in [1.807, 2.05) is 0 Å². The van der Waals surface area contributed by atoms with Gasteiger partial charge < -0.3 is 5.11 Å². The number of rotatable bonds is 5. The van der Waals surface area contributed by atoms with Crippen molar-refractivity contribution < 1.29 is 5.11 Å². The lowest BCUT2D eigenvalue weighted by Crippen LogP contribution is -2.22. The van der Waals surface area contributed by atoms with Gasteiger partial charge in [-0.3, -0.25) is 0 Å². The average Bonchev–Trinajstić information content (AvgIpc) is 2.25. The van der Waals surface area contributed by atoms with Crippen LogP contribution in [0.25, 0.3) is 0 Å². The molecule has 0 aromatic rings. The highest BCUT2D eigenvalue weighted by atomic mass is 16.3. The van der Waals surface area contributed by atoms with Crippen LogP contribution >= 0.6 is 0 Å². The summed E-state index contributed by atoms with van der Waals surface area (Å²) in [5, 5.41) is 9.92. The van der Waals surface area contributed by atoms with Crippen LogP contribution in [0.3, 0.4) is 0 Å². The van der Waals surface area contributed by atoms with E-state index in [1.165, 1.54) is 38.5 Å². The van der Waals surface area contributed by atoms with E-state index in [2.05, 4.69) is 19.1 Å². The van der Waals surface area contributed by atoms with Gasteiger partial charge in [0.25, 0.3) is 0 Å². The van der Waals surface area contributed by atoms with Crippen LogP contribution < -0.4 is 0 Å². The third kappa shape index (κ3) is 4.28. The smallest absolute Gasteiger partial charge is 0.0602 e. The number of aliphatic hydroxyl groups excluding tert-OH is 1. The highest BCUT2D eigenvalue weighted by Gasteiger charge is 2.20. The Kier molecular flexibility index (Phi) is 5.93. The van der Waals surface area contributed by atoms with Crippen molar-refractivity contribution in [3.05, 3.63) is 12.2 Å². The fraction of sp³-hybridized carbons (Fsp3) is 0.846. The van der Waals surface area contributed by atoms with Gasteiger partial charge in [-0.15, -0.1) is 0 Å². The maximum absolute atomic E-state index is 9.92. The highest BCUT2D eigenvalue weighted by molar-refractivity contribution is 4.86. The first kappa shape index (κ1) is 11.8. The fourth-order valence-corrected chi connectivity index (χ4v) is 2.23. The van der Waals surface area contributed by atoms with E-state index in [0.717, 1.165) is 12.8 Å². The third-order valence-electron chi connectivity index (χ3n) is 3.19. The van der Waals surface area contributed by atoms with Crippen molar-refractivity contribution in [2.75, 3.05) is 0 Å². The van der Waals surface area contributed by atoms with Crippen LogP contribution in [-0.2, 0) is 0 Å². The molecule has 0 aliphatic heterocycles. The van der Waals surface area contributed by atoms with Crippen molar-refractivity contribution in [2.24, 2.45) is 5.92 Å². The predicted molar refractivity (Wildman–Crippen MR) is 61.2 cm³/mol. The van der Waals surface area contributed by atoms with Crippen LogP contribution in [0.1, 0.15) is 58.3 Å². The van der Waals surface area contributed by atoms with Crippen molar-refractivity contribution in [2.45, 2.75) is 64.4 Å². The van der Waals surface area contributed by atoms with Crippen molar-refractivity contribution in [3.8, 4) is 0 Å². The molecule has 0 bridgehead atoms. The average molecular weight is 196 g/mol. The van der Waals surface area contributed by atoms with Crippen molar-refractivity contribution in [1.82, 2.24) is 0 Å². The van der Waals surface area contributed by atoms with Gasteiger partial charge in [0.05, 0.1) is 6.10 Å². The van der Waals surface area contributed by atoms with E-state index in [9.17, 15) is 5.11 Å². The van der Waals surface area contributed by atoms with Gasteiger partial charge in [-0.1, -0.05) is 44.8 Å². The largest absolute Gasteiger partial charge is 0.393 e. The van der Waals surface area contributed by atoms with Gasteiger partial charge in [0.2, 0.25) is 0 Å². The third-order valence-corrected chi connectivity index (χ3v) is 3.19. The monoisotopic (exact) mass is 196 g/mol. The van der Waals surface area contributed by atoms with Crippen molar-refractivity contribution >= 4 is 0 Å². The standard InChI is InChI=1S/C13H24O/c1-2-3-4-8-11-13(14)12-9-6-5-7-10-12/h4,8,12-14H,2-3,5-7,9-11H2,1H3/b8-4+/t13-/m0/s1. The molecule has 0 radical (unpaired) electrons. The Balaban J connectivity index is 2.16. The summed E-state index contributed by atoms with van der Waals surface area (Å²) in [7, 11) is 0. The summed E-state index contributed by atoms with van der Waals surface area (Å²) in [5.41, 5.74) is 0. The number of hydrogen-bond acceptors (Lipinski definition) is 1. The maximum atomic E-state index is 9.92. The molecule has 1 heteroatoms. The molecule has 0 amide bonds. The Hall–Kier alpha value is -0.300. The molecule has 14 heavy (non-hydrogen) atoms.